The van der Waals surface area contributed by atoms with Crippen molar-refractivity contribution in [3.05, 3.63) is 165 Å². The number of benzene rings is 1. The summed E-state index contributed by atoms with van der Waals surface area (Å²) in [6.45, 7) is 18.6. The second kappa shape index (κ2) is 11.6. The van der Waals surface area contributed by atoms with E-state index >= 15 is 0 Å². The second-order valence-electron chi connectivity index (χ2n) is 10.9. The van der Waals surface area contributed by atoms with Crippen LogP contribution in [-0.2, 0) is 0 Å². The summed E-state index contributed by atoms with van der Waals surface area (Å²) in [4.78, 5) is 5.22. The van der Waals surface area contributed by atoms with Gasteiger partial charge in [-0.25, -0.2) is 4.99 Å². The highest BCUT2D eigenvalue weighted by atomic mass is 14.9. The fraction of sp³-hybridized carbons (Fsp3) is 0.184. The molecule has 0 fully saturated rings. The summed E-state index contributed by atoms with van der Waals surface area (Å²) in [7, 11) is 6.94. The van der Waals surface area contributed by atoms with Gasteiger partial charge < -0.3 is 4.48 Å². The van der Waals surface area contributed by atoms with Crippen LogP contribution >= 0.6 is 0 Å². The molecule has 0 bridgehead atoms. The van der Waals surface area contributed by atoms with Crippen LogP contribution in [0.4, 0.5) is 0 Å². The molecule has 5 rings (SSSR count). The van der Waals surface area contributed by atoms with Gasteiger partial charge in [-0.1, -0.05) is 67.3 Å². The largest absolute Gasteiger partial charge is 0.397 e. The zero-order valence-corrected chi connectivity index (χ0v) is 24.9. The van der Waals surface area contributed by atoms with Crippen molar-refractivity contribution in [1.29, 1.82) is 0 Å². The molecular weight excluding hydrogens is 495 g/mol. The zero-order valence-electron chi connectivity index (χ0n) is 24.9. The highest BCUT2D eigenvalue weighted by Gasteiger charge is 2.24. The monoisotopic (exact) mass is 532 g/mol. The van der Waals surface area contributed by atoms with Gasteiger partial charge in [0, 0.05) is 29.8 Å². The molecule has 2 aliphatic carbocycles. The number of aryl methyl sites for hydroxylation is 3. The summed E-state index contributed by atoms with van der Waals surface area (Å²) in [5.74, 6) is 0. The first-order valence-electron chi connectivity index (χ1n) is 14.2. The number of nitrogens with zero attached hydrogens (tertiary/aromatic N) is 2. The molecule has 1 aliphatic heterocycles. The average molecular weight is 533 g/mol. The maximum Gasteiger partial charge on any atom is 0.234 e. The maximum atomic E-state index is 6.94. The quantitative estimate of drug-likeness (QED) is 0.302. The summed E-state index contributed by atoms with van der Waals surface area (Å²) >= 11 is 0. The first kappa shape index (κ1) is 28.2. The first-order chi connectivity index (χ1) is 19.8. The molecule has 41 heavy (non-hydrogen) atoms. The van der Waals surface area contributed by atoms with E-state index in [2.05, 4.69) is 107 Å². The zero-order chi connectivity index (χ0) is 29.3. The molecule has 3 heteroatoms. The van der Waals surface area contributed by atoms with Gasteiger partial charge in [-0.2, -0.15) is 0 Å². The van der Waals surface area contributed by atoms with Crippen molar-refractivity contribution < 1.29 is 0 Å². The van der Waals surface area contributed by atoms with Crippen molar-refractivity contribution in [3.8, 4) is 0 Å². The Bertz CT molecular complexity index is 1730. The van der Waals surface area contributed by atoms with Crippen LogP contribution in [0.15, 0.2) is 137 Å². The van der Waals surface area contributed by atoms with Crippen molar-refractivity contribution in [2.45, 2.75) is 47.5 Å². The van der Waals surface area contributed by atoms with Crippen LogP contribution in [0.2, 0.25) is 0 Å². The summed E-state index contributed by atoms with van der Waals surface area (Å²) in [5, 5.41) is 0. The van der Waals surface area contributed by atoms with Gasteiger partial charge >= 0.3 is 0 Å². The predicted molar refractivity (Wildman–Crippen MR) is 178 cm³/mol. The van der Waals surface area contributed by atoms with Gasteiger partial charge in [0.1, 0.15) is 0 Å². The van der Waals surface area contributed by atoms with Gasteiger partial charge in [0.15, 0.2) is 0 Å². The van der Waals surface area contributed by atoms with Crippen LogP contribution in [0.5, 0.6) is 0 Å². The van der Waals surface area contributed by atoms with Crippen molar-refractivity contribution in [3.63, 3.8) is 0 Å². The lowest BCUT2D eigenvalue weighted by molar-refractivity contribution is 1.14. The fourth-order valence-electron chi connectivity index (χ4n) is 6.23. The Morgan fingerprint density at radius 3 is 2.20 bits per heavy atom. The minimum atomic E-state index is 0.807. The smallest absolute Gasteiger partial charge is 0.234 e. The molecule has 2 heterocycles. The van der Waals surface area contributed by atoms with E-state index in [1.807, 2.05) is 30.5 Å². The Labute approximate surface area is 246 Å². The van der Waals surface area contributed by atoms with Crippen molar-refractivity contribution in [2.75, 3.05) is 0 Å². The molecule has 2 radical (unpaired) electrons. The summed E-state index contributed by atoms with van der Waals surface area (Å²) in [6, 6.07) is 8.74. The molecule has 1 aromatic heterocycles. The van der Waals surface area contributed by atoms with E-state index in [-0.39, 0.29) is 0 Å². The van der Waals surface area contributed by atoms with Gasteiger partial charge in [-0.3, -0.25) is 0 Å². The number of hydrogen-bond donors (Lipinski definition) is 0. The van der Waals surface area contributed by atoms with Crippen molar-refractivity contribution >= 4 is 24.8 Å². The highest BCUT2D eigenvalue weighted by molar-refractivity contribution is 6.14. The Kier molecular flexibility index (Phi) is 7.99. The fourth-order valence-corrected chi connectivity index (χ4v) is 6.23. The Balaban J connectivity index is 1.64. The average Bonchev–Trinajstić information content (AvgIpc) is 3.73. The molecule has 0 saturated heterocycles. The topological polar surface area (TPSA) is 17.3 Å². The molecule has 202 valence electrons. The van der Waals surface area contributed by atoms with Crippen molar-refractivity contribution in [1.82, 2.24) is 4.48 Å². The molecule has 0 atom stereocenters. The predicted octanol–water partition coefficient (Wildman–Crippen LogP) is 9.35. The lowest BCUT2D eigenvalue weighted by Gasteiger charge is -2.19. The number of rotatable bonds is 8. The highest BCUT2D eigenvalue weighted by Crippen LogP contribution is 2.40. The van der Waals surface area contributed by atoms with Crippen LogP contribution in [0.1, 0.15) is 60.3 Å². The minimum absolute atomic E-state index is 0.807. The molecule has 2 nitrogen and oxygen atoms in total. The van der Waals surface area contributed by atoms with Crippen LogP contribution in [0.25, 0.3) is 11.1 Å². The molecule has 0 saturated carbocycles. The molecule has 0 spiro atoms. The van der Waals surface area contributed by atoms with Crippen LogP contribution in [-0.4, -0.2) is 18.2 Å². The normalized spacial score (nSPS) is 18.2. The molecule has 0 N–H and O–H groups in total. The lowest BCUT2D eigenvalue weighted by Crippen LogP contribution is -2.07. The Morgan fingerprint density at radius 1 is 0.854 bits per heavy atom. The van der Waals surface area contributed by atoms with E-state index in [9.17, 15) is 0 Å². The molecular formula is C38H37BN2. The van der Waals surface area contributed by atoms with Crippen molar-refractivity contribution in [2.24, 2.45) is 4.99 Å². The van der Waals surface area contributed by atoms with E-state index in [4.69, 9.17) is 13.0 Å². The molecule has 0 unspecified atom stereocenters. The van der Waals surface area contributed by atoms with Crippen LogP contribution in [0, 0.1) is 20.8 Å². The Hall–Kier alpha value is -4.37. The third-order valence-corrected chi connectivity index (χ3v) is 8.00. The number of allylic oxidation sites excluding steroid dienone is 16. The molecule has 3 aliphatic rings. The van der Waals surface area contributed by atoms with Crippen LogP contribution < -0.4 is 0 Å². The van der Waals surface area contributed by atoms with E-state index in [1.165, 1.54) is 50.1 Å². The van der Waals surface area contributed by atoms with E-state index < -0.39 is 0 Å². The summed E-state index contributed by atoms with van der Waals surface area (Å²) in [6.07, 6.45) is 22.7. The summed E-state index contributed by atoms with van der Waals surface area (Å²) in [5.41, 5.74) is 17.0. The number of hydrogen-bond acceptors (Lipinski definition) is 1. The van der Waals surface area contributed by atoms with E-state index in [0.29, 0.717) is 0 Å². The Morgan fingerprint density at radius 2 is 1.54 bits per heavy atom. The van der Waals surface area contributed by atoms with E-state index in [0.717, 1.165) is 46.8 Å². The third kappa shape index (κ3) is 5.25. The SMILES string of the molecule is [B]n1c(C2=CC(/C=C\C)=C(C=C)C2)ccc1/C(=C1/C=CC(C2=CC(C=C)=C(/C=C\C)C2)=N1)c1c(C)cc(C)cc1C. The number of aliphatic imine (C=N–C) groups is 1. The maximum absolute atomic E-state index is 6.94. The minimum Gasteiger partial charge on any atom is -0.397 e. The molecule has 1 aromatic carbocycles. The summed E-state index contributed by atoms with van der Waals surface area (Å²) < 4.78 is 1.84. The van der Waals surface area contributed by atoms with Gasteiger partial charge in [0.25, 0.3) is 0 Å². The molecule has 0 amide bonds. The van der Waals surface area contributed by atoms with Gasteiger partial charge in [-0.05, 0) is 121 Å². The van der Waals surface area contributed by atoms with Gasteiger partial charge in [0.2, 0.25) is 7.98 Å². The van der Waals surface area contributed by atoms with E-state index in [1.54, 1.807) is 0 Å². The number of aromatic nitrogens is 1. The first-order valence-corrected chi connectivity index (χ1v) is 14.2. The molecule has 2 aromatic rings. The standard InChI is InChI=1S/C38H37BN2/c1-8-12-29-22-31(20-27(29)10-3)33-14-15-34(40-33)38(37-25(6)18-24(5)19-26(37)7)36-17-16-35(41(36)39)32-21-28(11-4)30(23-32)13-9-2/h8-20,23H,3-4,21-22H2,1-2,5-7H3/b12-8-,13-9-,38-34+. The van der Waals surface area contributed by atoms with Gasteiger partial charge in [0.05, 0.1) is 11.4 Å². The van der Waals surface area contributed by atoms with Crippen LogP contribution in [0.3, 0.4) is 0 Å². The second-order valence-corrected chi connectivity index (χ2v) is 10.9. The lowest BCUT2D eigenvalue weighted by atomic mass is 9.90. The van der Waals surface area contributed by atoms with Gasteiger partial charge in [-0.15, -0.1) is 0 Å². The third-order valence-electron chi connectivity index (χ3n) is 8.00.